The number of carbonyl (C=O) groups is 1. The van der Waals surface area contributed by atoms with Crippen molar-refractivity contribution in [1.29, 1.82) is 0 Å². The monoisotopic (exact) mass is 347 g/mol. The van der Waals surface area contributed by atoms with E-state index in [1.54, 1.807) is 5.97 Å². The molecular weight excluding hydrogens is 315 g/mol. The molecule has 25 heavy (non-hydrogen) atoms. The van der Waals surface area contributed by atoms with Crippen LogP contribution < -0.4 is 0 Å². The molecule has 0 aromatic heterocycles. The van der Waals surface area contributed by atoms with Gasteiger partial charge in [0.15, 0.2) is 0 Å². The van der Waals surface area contributed by atoms with Gasteiger partial charge in [-0.3, -0.25) is 0 Å². The Morgan fingerprint density at radius 2 is 2.08 bits per heavy atom. The fraction of sp³-hybridized carbons (Fsp3) is 0.700. The van der Waals surface area contributed by atoms with E-state index in [1.165, 1.54) is 0 Å². The van der Waals surface area contributed by atoms with Gasteiger partial charge in [-0.05, 0) is 0 Å². The first-order valence-electron chi connectivity index (χ1n) is 9.45. The molecule has 3 N–H and O–H groups in total. The first kappa shape index (κ1) is 21.8. The number of rotatable bonds is 12. The van der Waals surface area contributed by atoms with Crippen LogP contribution in [0.3, 0.4) is 0 Å². The van der Waals surface area contributed by atoms with E-state index in [4.69, 9.17) is 12.6 Å². The Kier molecular flexibility index (Phi) is 10.7. The Morgan fingerprint density at radius 1 is 1.32 bits per heavy atom. The number of aliphatic hydroxyl groups excluding tert-OH is 2. The van der Waals surface area contributed by atoms with Crippen molar-refractivity contribution in [2.24, 2.45) is 17.8 Å². The van der Waals surface area contributed by atoms with Crippen molar-refractivity contribution in [2.45, 2.75) is 70.5 Å². The second-order valence-corrected chi connectivity index (χ2v) is 6.99. The van der Waals surface area contributed by atoms with E-state index in [0.717, 1.165) is 32.1 Å². The molecule has 1 rings (SSSR count). The van der Waals surface area contributed by atoms with Crippen LogP contribution in [-0.2, 0) is 4.79 Å². The van der Waals surface area contributed by atoms with Crippen molar-refractivity contribution in [2.75, 3.05) is 0 Å². The number of unbranched alkanes of at least 4 members (excludes halogenated alkanes) is 2. The molecule has 1 saturated carbocycles. The predicted octanol–water partition coefficient (Wildman–Crippen LogP) is 2.88. The molecule has 0 aliphatic heterocycles. The van der Waals surface area contributed by atoms with Gasteiger partial charge in [0.2, 0.25) is 0 Å². The molecule has 4 nitrogen and oxygen atoms in total. The maximum absolute atomic E-state index is 10.5. The van der Waals surface area contributed by atoms with Crippen molar-refractivity contribution < 1.29 is 20.1 Å². The summed E-state index contributed by atoms with van der Waals surface area (Å²) in [7, 11) is 5.75. The van der Waals surface area contributed by atoms with Gasteiger partial charge in [-0.15, -0.1) is 0 Å². The van der Waals surface area contributed by atoms with E-state index in [2.05, 4.69) is 6.92 Å². The summed E-state index contributed by atoms with van der Waals surface area (Å²) < 4.78 is 0. The summed E-state index contributed by atoms with van der Waals surface area (Å²) >= 11 is 0. The molecule has 1 aliphatic rings. The molecule has 1 fully saturated rings. The molecule has 1 radical (unpaired) electrons. The third kappa shape index (κ3) is 8.15. The van der Waals surface area contributed by atoms with Crippen molar-refractivity contribution in [3.05, 3.63) is 24.3 Å². The Balaban J connectivity index is 2.58. The molecular formula is C20H32BO4. The zero-order chi connectivity index (χ0) is 18.7. The molecule has 5 heteroatoms. The van der Waals surface area contributed by atoms with Crippen molar-refractivity contribution in [1.82, 2.24) is 0 Å². The first-order chi connectivity index (χ1) is 12.0. The van der Waals surface area contributed by atoms with E-state index in [1.807, 2.05) is 24.3 Å². The zero-order valence-electron chi connectivity index (χ0n) is 15.3. The Labute approximate surface area is 152 Å². The summed E-state index contributed by atoms with van der Waals surface area (Å²) in [5, 5.41) is 29.0. The third-order valence-electron chi connectivity index (χ3n) is 4.99. The van der Waals surface area contributed by atoms with Crippen LogP contribution in [0, 0.1) is 17.8 Å². The van der Waals surface area contributed by atoms with Crippen LogP contribution in [0.4, 0.5) is 0 Å². The molecule has 1 aliphatic carbocycles. The normalized spacial score (nSPS) is 27.9. The Hall–Kier alpha value is -1.20. The molecule has 139 valence electrons. The predicted molar refractivity (Wildman–Crippen MR) is 103 cm³/mol. The molecule has 0 heterocycles. The fourth-order valence-corrected chi connectivity index (χ4v) is 3.50. The minimum absolute atomic E-state index is 0.0788. The second kappa shape index (κ2) is 12.2. The van der Waals surface area contributed by atoms with Gasteiger partial charge in [-0.2, -0.15) is 0 Å². The van der Waals surface area contributed by atoms with Gasteiger partial charge < -0.3 is 0 Å². The topological polar surface area (TPSA) is 77.8 Å². The summed E-state index contributed by atoms with van der Waals surface area (Å²) in [5.74, 6) is 1.21. The van der Waals surface area contributed by atoms with Crippen LogP contribution in [0.5, 0.6) is 0 Å². The van der Waals surface area contributed by atoms with Gasteiger partial charge in [0.05, 0.1) is 0 Å². The van der Waals surface area contributed by atoms with Crippen LogP contribution >= 0.6 is 0 Å². The van der Waals surface area contributed by atoms with E-state index in [9.17, 15) is 15.0 Å². The fourth-order valence-electron chi connectivity index (χ4n) is 3.50. The third-order valence-corrected chi connectivity index (χ3v) is 4.99. The molecule has 0 aromatic rings. The summed E-state index contributed by atoms with van der Waals surface area (Å²) in [6.45, 7) is 2.10. The Morgan fingerprint density at radius 3 is 2.72 bits per heavy atom. The SMILES string of the molecule is [B]=CC1CC(O)[C@H](C/C=C\CCCC(=O)O)[C@H]1/C=C/C(O)CCCC. The molecule has 3 unspecified atom stereocenters. The van der Waals surface area contributed by atoms with Crippen molar-refractivity contribution in [3.63, 3.8) is 0 Å². The average molecular weight is 347 g/mol. The van der Waals surface area contributed by atoms with E-state index in [0.29, 0.717) is 12.8 Å². The number of hydrogen-bond acceptors (Lipinski definition) is 3. The van der Waals surface area contributed by atoms with Gasteiger partial charge in [0.25, 0.3) is 0 Å². The number of aliphatic carboxylic acids is 1. The van der Waals surface area contributed by atoms with Crippen LogP contribution in [0.25, 0.3) is 0 Å². The maximum atomic E-state index is 10.5. The van der Waals surface area contributed by atoms with Gasteiger partial charge in [0, 0.05) is 0 Å². The number of aliphatic hydroxyl groups is 2. The quantitative estimate of drug-likeness (QED) is 0.288. The number of carboxylic acids is 1. The molecule has 0 saturated heterocycles. The van der Waals surface area contributed by atoms with Gasteiger partial charge in [0.1, 0.15) is 0 Å². The minimum atomic E-state index is -0.771. The summed E-state index contributed by atoms with van der Waals surface area (Å²) in [6, 6.07) is 0. The van der Waals surface area contributed by atoms with Gasteiger partial charge in [-0.1, -0.05) is 0 Å². The van der Waals surface area contributed by atoms with Crippen LogP contribution in [0.1, 0.15) is 58.3 Å². The number of hydrogen-bond donors (Lipinski definition) is 3. The van der Waals surface area contributed by atoms with E-state index < -0.39 is 18.2 Å². The standard InChI is InChI=1S/C20H32BO4/c1-2-3-8-16(22)11-12-17-15(14-21)13-19(23)18(17)9-6-4-5-7-10-20(24)25/h4,6,11-12,14-19,22-23H,2-3,5,7-10,13H2,1H3,(H,24,25)/b6-4-,12-11+/t15?,16?,17-,18+,19?/m0/s1. The molecule has 0 amide bonds. The summed E-state index contributed by atoms with van der Waals surface area (Å²) in [4.78, 5) is 10.5. The molecule has 0 aromatic carbocycles. The van der Waals surface area contributed by atoms with Crippen molar-refractivity contribution >= 4 is 19.4 Å². The van der Waals surface area contributed by atoms with Crippen LogP contribution in [0.15, 0.2) is 24.3 Å². The first-order valence-corrected chi connectivity index (χ1v) is 9.45. The number of carboxylic acid groups (broad SMARTS) is 1. The summed E-state index contributed by atoms with van der Waals surface area (Å²) in [5.41, 5.74) is 0. The molecule has 0 spiro atoms. The second-order valence-electron chi connectivity index (χ2n) is 6.99. The summed E-state index contributed by atoms with van der Waals surface area (Å²) in [6.07, 6.45) is 12.8. The average Bonchev–Trinajstić information content (AvgIpc) is 2.89. The molecule has 5 atom stereocenters. The molecule has 0 bridgehead atoms. The van der Waals surface area contributed by atoms with E-state index in [-0.39, 0.29) is 24.2 Å². The van der Waals surface area contributed by atoms with Gasteiger partial charge in [-0.25, -0.2) is 0 Å². The van der Waals surface area contributed by atoms with Crippen LogP contribution in [-0.4, -0.2) is 47.0 Å². The Bertz CT molecular complexity index is 461. The van der Waals surface area contributed by atoms with Crippen molar-refractivity contribution in [3.8, 4) is 0 Å². The van der Waals surface area contributed by atoms with E-state index >= 15 is 0 Å². The van der Waals surface area contributed by atoms with Crippen LogP contribution in [0.2, 0.25) is 0 Å². The zero-order valence-corrected chi connectivity index (χ0v) is 15.3. The number of allylic oxidation sites excluding steroid dienone is 3. The van der Waals surface area contributed by atoms with Gasteiger partial charge >= 0.3 is 152 Å².